The van der Waals surface area contributed by atoms with Crippen molar-refractivity contribution in [3.05, 3.63) is 65.7 Å². The fourth-order valence-electron chi connectivity index (χ4n) is 2.25. The minimum Gasteiger partial charge on any atom is -0.465 e. The van der Waals surface area contributed by atoms with Crippen molar-refractivity contribution >= 4 is 29.0 Å². The van der Waals surface area contributed by atoms with E-state index in [1.165, 1.54) is 7.11 Å². The molecular formula is C18H20N2O3S. The minimum atomic E-state index is -0.433. The molecule has 2 aromatic rings. The van der Waals surface area contributed by atoms with E-state index in [4.69, 9.17) is 17.0 Å². The first-order chi connectivity index (χ1) is 11.7. The van der Waals surface area contributed by atoms with Gasteiger partial charge >= 0.3 is 5.97 Å². The molecule has 24 heavy (non-hydrogen) atoms. The lowest BCUT2D eigenvalue weighted by Gasteiger charge is -2.25. The lowest BCUT2D eigenvalue weighted by Crippen LogP contribution is -2.36. The fraction of sp³-hybridized carbons (Fsp3) is 0.222. The van der Waals surface area contributed by atoms with Gasteiger partial charge in [-0.15, -0.1) is 0 Å². The van der Waals surface area contributed by atoms with E-state index in [-0.39, 0.29) is 6.61 Å². The molecule has 0 amide bonds. The number of rotatable bonds is 6. The molecule has 0 saturated heterocycles. The predicted octanol–water partition coefficient (Wildman–Crippen LogP) is 2.66. The second kappa shape index (κ2) is 9.00. The maximum atomic E-state index is 11.8. The Labute approximate surface area is 146 Å². The number of anilines is 1. The van der Waals surface area contributed by atoms with Crippen LogP contribution >= 0.6 is 12.2 Å². The first-order valence-electron chi connectivity index (χ1n) is 7.53. The van der Waals surface area contributed by atoms with E-state index in [9.17, 15) is 9.90 Å². The number of hydrogen-bond donors (Lipinski definition) is 2. The van der Waals surface area contributed by atoms with Gasteiger partial charge in [-0.05, 0) is 29.9 Å². The van der Waals surface area contributed by atoms with E-state index in [1.807, 2.05) is 41.3 Å². The minimum absolute atomic E-state index is 0.0205. The molecule has 126 valence electrons. The lowest BCUT2D eigenvalue weighted by molar-refractivity contribution is 0.0602. The molecule has 0 atom stereocenters. The van der Waals surface area contributed by atoms with Crippen LogP contribution in [0, 0.1) is 0 Å². The van der Waals surface area contributed by atoms with E-state index in [0.717, 1.165) is 5.56 Å². The number of carbonyl (C=O) groups excluding carboxylic acids is 1. The molecule has 2 aromatic carbocycles. The molecule has 5 nitrogen and oxygen atoms in total. The SMILES string of the molecule is COC(=O)c1ccccc1NC(=S)N(CCO)Cc1ccccc1. The number of benzene rings is 2. The largest absolute Gasteiger partial charge is 0.465 e. The van der Waals surface area contributed by atoms with Gasteiger partial charge < -0.3 is 20.1 Å². The summed E-state index contributed by atoms with van der Waals surface area (Å²) in [5.41, 5.74) is 2.06. The summed E-state index contributed by atoms with van der Waals surface area (Å²) in [6, 6.07) is 16.8. The highest BCUT2D eigenvalue weighted by Gasteiger charge is 2.15. The number of nitrogens with one attached hydrogen (secondary N) is 1. The Kier molecular flexibility index (Phi) is 6.72. The van der Waals surface area contributed by atoms with Gasteiger partial charge in [0.15, 0.2) is 5.11 Å². The molecule has 0 radical (unpaired) electrons. The number of methoxy groups -OCH3 is 1. The summed E-state index contributed by atoms with van der Waals surface area (Å²) in [6.07, 6.45) is 0. The van der Waals surface area contributed by atoms with Crippen molar-refractivity contribution in [2.75, 3.05) is 25.6 Å². The molecule has 2 N–H and O–H groups in total. The van der Waals surface area contributed by atoms with Crippen LogP contribution in [-0.4, -0.2) is 41.3 Å². The number of aliphatic hydroxyl groups is 1. The van der Waals surface area contributed by atoms with Gasteiger partial charge in [-0.1, -0.05) is 42.5 Å². The maximum Gasteiger partial charge on any atom is 0.339 e. The molecular weight excluding hydrogens is 324 g/mol. The fourth-order valence-corrected chi connectivity index (χ4v) is 2.52. The molecule has 0 aliphatic carbocycles. The average Bonchev–Trinajstić information content (AvgIpc) is 2.62. The van der Waals surface area contributed by atoms with Gasteiger partial charge in [0.25, 0.3) is 0 Å². The first kappa shape index (κ1) is 17.9. The average molecular weight is 344 g/mol. The zero-order valence-electron chi connectivity index (χ0n) is 13.4. The van der Waals surface area contributed by atoms with Crippen LogP contribution in [0.5, 0.6) is 0 Å². The highest BCUT2D eigenvalue weighted by atomic mass is 32.1. The van der Waals surface area contributed by atoms with Crippen molar-refractivity contribution in [1.29, 1.82) is 0 Å². The molecule has 0 saturated carbocycles. The van der Waals surface area contributed by atoms with E-state index < -0.39 is 5.97 Å². The number of nitrogens with zero attached hydrogens (tertiary/aromatic N) is 1. The topological polar surface area (TPSA) is 61.8 Å². The molecule has 0 spiro atoms. The third kappa shape index (κ3) is 4.78. The molecule has 6 heteroatoms. The summed E-state index contributed by atoms with van der Waals surface area (Å²) in [7, 11) is 1.34. The van der Waals surface area contributed by atoms with Crippen molar-refractivity contribution in [3.8, 4) is 0 Å². The number of para-hydroxylation sites is 1. The Morgan fingerprint density at radius 3 is 2.50 bits per heavy atom. The number of carbonyl (C=O) groups is 1. The van der Waals surface area contributed by atoms with Crippen molar-refractivity contribution in [1.82, 2.24) is 4.90 Å². The molecule has 0 heterocycles. The zero-order valence-corrected chi connectivity index (χ0v) is 14.3. The summed E-state index contributed by atoms with van der Waals surface area (Å²) < 4.78 is 4.79. The standard InChI is InChI=1S/C18H20N2O3S/c1-23-17(22)15-9-5-6-10-16(15)19-18(24)20(11-12-21)13-14-7-3-2-4-8-14/h2-10,21H,11-13H2,1H3,(H,19,24). The zero-order chi connectivity index (χ0) is 17.4. The summed E-state index contributed by atoms with van der Waals surface area (Å²) in [5.74, 6) is -0.433. The molecule has 0 aliphatic rings. The van der Waals surface area contributed by atoms with Gasteiger partial charge in [0, 0.05) is 13.1 Å². The number of ether oxygens (including phenoxy) is 1. The Morgan fingerprint density at radius 2 is 1.83 bits per heavy atom. The predicted molar refractivity (Wildman–Crippen MR) is 97.9 cm³/mol. The Hall–Kier alpha value is -2.44. The molecule has 0 unspecified atom stereocenters. The van der Waals surface area contributed by atoms with Gasteiger partial charge in [0.05, 0.1) is 25.0 Å². The number of thiocarbonyl (C=S) groups is 1. The second-order valence-corrected chi connectivity index (χ2v) is 5.48. The second-order valence-electron chi connectivity index (χ2n) is 5.10. The highest BCUT2D eigenvalue weighted by molar-refractivity contribution is 7.80. The smallest absolute Gasteiger partial charge is 0.339 e. The number of hydrogen-bond acceptors (Lipinski definition) is 4. The number of aliphatic hydroxyl groups excluding tert-OH is 1. The molecule has 2 rings (SSSR count). The third-order valence-corrected chi connectivity index (χ3v) is 3.81. The third-order valence-electron chi connectivity index (χ3n) is 3.45. The van der Waals surface area contributed by atoms with Gasteiger partial charge in [0.2, 0.25) is 0 Å². The van der Waals surface area contributed by atoms with Crippen molar-refractivity contribution in [3.63, 3.8) is 0 Å². The Bertz CT molecular complexity index is 692. The van der Waals surface area contributed by atoms with Gasteiger partial charge in [0.1, 0.15) is 0 Å². The van der Waals surface area contributed by atoms with E-state index in [1.54, 1.807) is 18.2 Å². The van der Waals surface area contributed by atoms with Crippen molar-refractivity contribution in [2.24, 2.45) is 0 Å². The van der Waals surface area contributed by atoms with E-state index in [2.05, 4.69) is 5.32 Å². The molecule has 0 aromatic heterocycles. The molecule has 0 aliphatic heterocycles. The maximum absolute atomic E-state index is 11.8. The van der Waals surface area contributed by atoms with Gasteiger partial charge in [-0.3, -0.25) is 0 Å². The van der Waals surface area contributed by atoms with Gasteiger partial charge in [-0.25, -0.2) is 4.79 Å². The Morgan fingerprint density at radius 1 is 1.17 bits per heavy atom. The van der Waals surface area contributed by atoms with Crippen LogP contribution in [0.4, 0.5) is 5.69 Å². The monoisotopic (exact) mass is 344 g/mol. The molecule has 0 fully saturated rings. The van der Waals surface area contributed by atoms with E-state index in [0.29, 0.717) is 29.5 Å². The summed E-state index contributed by atoms with van der Waals surface area (Å²) in [4.78, 5) is 13.7. The van der Waals surface area contributed by atoms with Crippen LogP contribution in [0.15, 0.2) is 54.6 Å². The highest BCUT2D eigenvalue weighted by Crippen LogP contribution is 2.17. The summed E-state index contributed by atoms with van der Waals surface area (Å²) >= 11 is 5.46. The Balaban J connectivity index is 2.15. The normalized spacial score (nSPS) is 10.1. The summed E-state index contributed by atoms with van der Waals surface area (Å²) in [6.45, 7) is 0.933. The van der Waals surface area contributed by atoms with Crippen LogP contribution in [-0.2, 0) is 11.3 Å². The quantitative estimate of drug-likeness (QED) is 0.621. The van der Waals surface area contributed by atoms with Crippen LogP contribution < -0.4 is 5.32 Å². The number of esters is 1. The van der Waals surface area contributed by atoms with Crippen LogP contribution in [0.25, 0.3) is 0 Å². The van der Waals surface area contributed by atoms with Crippen molar-refractivity contribution in [2.45, 2.75) is 6.54 Å². The first-order valence-corrected chi connectivity index (χ1v) is 7.94. The van der Waals surface area contributed by atoms with Crippen LogP contribution in [0.1, 0.15) is 15.9 Å². The van der Waals surface area contributed by atoms with Crippen molar-refractivity contribution < 1.29 is 14.6 Å². The molecule has 0 bridgehead atoms. The van der Waals surface area contributed by atoms with Gasteiger partial charge in [-0.2, -0.15) is 0 Å². The lowest BCUT2D eigenvalue weighted by atomic mass is 10.2. The van der Waals surface area contributed by atoms with Crippen LogP contribution in [0.2, 0.25) is 0 Å². The van der Waals surface area contributed by atoms with Crippen LogP contribution in [0.3, 0.4) is 0 Å². The summed E-state index contributed by atoms with van der Waals surface area (Å²) in [5, 5.41) is 12.8. The van der Waals surface area contributed by atoms with E-state index >= 15 is 0 Å².